The molecule has 0 aromatic carbocycles. The van der Waals surface area contributed by atoms with E-state index < -0.39 is 28.2 Å². The van der Waals surface area contributed by atoms with E-state index in [1.165, 1.54) is 0 Å². The number of alkyl halides is 3. The van der Waals surface area contributed by atoms with Gasteiger partial charge in [-0.1, -0.05) is 11.6 Å². The smallest absolute Gasteiger partial charge is 0.335 e. The Balaban J connectivity index is 2.77. The molecule has 2 aromatic heterocycles. The summed E-state index contributed by atoms with van der Waals surface area (Å²) in [6.07, 6.45) is -2.95. The SMILES string of the molecule is CC(=O)On1cnc2ncc(Cl)c(C(F)(F)F)c21. The minimum Gasteiger partial charge on any atom is -0.335 e. The van der Waals surface area contributed by atoms with E-state index in [2.05, 4.69) is 14.8 Å². The summed E-state index contributed by atoms with van der Waals surface area (Å²) in [6.45, 7) is 1.05. The third-order valence-corrected chi connectivity index (χ3v) is 2.29. The van der Waals surface area contributed by atoms with Crippen LogP contribution in [0.4, 0.5) is 13.2 Å². The summed E-state index contributed by atoms with van der Waals surface area (Å²) in [5.41, 5.74) is -1.86. The lowest BCUT2D eigenvalue weighted by Gasteiger charge is -2.11. The molecule has 0 aliphatic carbocycles. The first-order valence-corrected chi connectivity index (χ1v) is 4.96. The van der Waals surface area contributed by atoms with Gasteiger partial charge in [0.1, 0.15) is 17.4 Å². The van der Waals surface area contributed by atoms with Crippen LogP contribution in [0, 0.1) is 0 Å². The van der Waals surface area contributed by atoms with Crippen molar-refractivity contribution in [2.75, 3.05) is 0 Å². The summed E-state index contributed by atoms with van der Waals surface area (Å²) >= 11 is 5.49. The van der Waals surface area contributed by atoms with Gasteiger partial charge in [-0.3, -0.25) is 0 Å². The Hall–Kier alpha value is -1.83. The number of carbonyl (C=O) groups is 1. The lowest BCUT2D eigenvalue weighted by molar-refractivity contribution is -0.143. The Labute approximate surface area is 103 Å². The third kappa shape index (κ3) is 2.10. The molecule has 0 amide bonds. The molecular weight excluding hydrogens is 275 g/mol. The van der Waals surface area contributed by atoms with Crippen molar-refractivity contribution in [1.29, 1.82) is 0 Å². The predicted octanol–water partition coefficient (Wildman–Crippen LogP) is 2.08. The molecule has 2 heterocycles. The van der Waals surface area contributed by atoms with E-state index in [0.717, 1.165) is 19.4 Å². The highest BCUT2D eigenvalue weighted by Gasteiger charge is 2.38. The largest absolute Gasteiger partial charge is 0.420 e. The van der Waals surface area contributed by atoms with E-state index in [4.69, 9.17) is 11.6 Å². The average Bonchev–Trinajstić information content (AvgIpc) is 2.58. The maximum absolute atomic E-state index is 12.9. The van der Waals surface area contributed by atoms with Crippen molar-refractivity contribution in [3.05, 3.63) is 23.1 Å². The molecule has 9 heteroatoms. The zero-order valence-corrected chi connectivity index (χ0v) is 9.58. The van der Waals surface area contributed by atoms with Gasteiger partial charge in [0.05, 0.1) is 5.02 Å². The number of aromatic nitrogens is 3. The van der Waals surface area contributed by atoms with Crippen molar-refractivity contribution in [2.24, 2.45) is 0 Å². The van der Waals surface area contributed by atoms with Crippen molar-refractivity contribution in [1.82, 2.24) is 14.7 Å². The molecule has 0 saturated heterocycles. The zero-order chi connectivity index (χ0) is 13.5. The molecule has 0 aliphatic rings. The Morgan fingerprint density at radius 1 is 1.44 bits per heavy atom. The van der Waals surface area contributed by atoms with Crippen LogP contribution in [0.1, 0.15) is 12.5 Å². The van der Waals surface area contributed by atoms with Crippen molar-refractivity contribution in [3.8, 4) is 0 Å². The molecule has 0 radical (unpaired) electrons. The molecule has 0 atom stereocenters. The van der Waals surface area contributed by atoms with Crippen LogP contribution in [0.25, 0.3) is 11.2 Å². The molecule has 2 aromatic rings. The molecule has 0 aliphatic heterocycles. The monoisotopic (exact) mass is 279 g/mol. The summed E-state index contributed by atoms with van der Waals surface area (Å²) in [5.74, 6) is -0.789. The maximum Gasteiger partial charge on any atom is 0.420 e. The number of carbonyl (C=O) groups excluding carboxylic acids is 1. The summed E-state index contributed by atoms with van der Waals surface area (Å²) < 4.78 is 39.2. The highest BCUT2D eigenvalue weighted by molar-refractivity contribution is 6.32. The molecule has 0 bridgehead atoms. The van der Waals surface area contributed by atoms with E-state index in [0.29, 0.717) is 4.73 Å². The standard InChI is InChI=1S/C9H5ClF3N3O2/c1-4(17)18-16-3-15-8-7(16)6(9(11,12)13)5(10)2-14-8/h2-3H,1H3. The Morgan fingerprint density at radius 3 is 2.67 bits per heavy atom. The third-order valence-electron chi connectivity index (χ3n) is 2.00. The zero-order valence-electron chi connectivity index (χ0n) is 8.82. The quantitative estimate of drug-likeness (QED) is 0.802. The second-order valence-corrected chi connectivity index (χ2v) is 3.71. The first-order chi connectivity index (χ1) is 8.30. The number of fused-ring (bicyclic) bond motifs is 1. The van der Waals surface area contributed by atoms with Crippen LogP contribution in [0.2, 0.25) is 5.02 Å². The van der Waals surface area contributed by atoms with Crippen LogP contribution >= 0.6 is 11.6 Å². The van der Waals surface area contributed by atoms with E-state index in [9.17, 15) is 18.0 Å². The number of hydrogen-bond donors (Lipinski definition) is 0. The van der Waals surface area contributed by atoms with Gasteiger partial charge in [0.2, 0.25) is 0 Å². The normalized spacial score (nSPS) is 11.8. The highest BCUT2D eigenvalue weighted by Crippen LogP contribution is 2.38. The maximum atomic E-state index is 12.9. The number of hydrogen-bond acceptors (Lipinski definition) is 4. The van der Waals surface area contributed by atoms with E-state index in [1.807, 2.05) is 0 Å². The molecule has 0 unspecified atom stereocenters. The number of halogens is 4. The summed E-state index contributed by atoms with van der Waals surface area (Å²) in [6, 6.07) is 0. The van der Waals surface area contributed by atoms with Crippen LogP contribution < -0.4 is 4.84 Å². The van der Waals surface area contributed by atoms with Crippen molar-refractivity contribution >= 4 is 28.7 Å². The van der Waals surface area contributed by atoms with Gasteiger partial charge in [0.15, 0.2) is 5.65 Å². The van der Waals surface area contributed by atoms with E-state index in [-0.39, 0.29) is 5.65 Å². The molecule has 2 rings (SSSR count). The van der Waals surface area contributed by atoms with Crippen LogP contribution in [0.5, 0.6) is 0 Å². The van der Waals surface area contributed by atoms with Gasteiger partial charge < -0.3 is 4.84 Å². The lowest BCUT2D eigenvalue weighted by Crippen LogP contribution is -2.18. The molecule has 0 N–H and O–H groups in total. The average molecular weight is 280 g/mol. The fourth-order valence-corrected chi connectivity index (χ4v) is 1.66. The Bertz CT molecular complexity index is 623. The number of nitrogens with zero attached hydrogens (tertiary/aromatic N) is 3. The van der Waals surface area contributed by atoms with Crippen LogP contribution in [0.15, 0.2) is 12.5 Å². The fourth-order valence-electron chi connectivity index (χ4n) is 1.41. The summed E-state index contributed by atoms with van der Waals surface area (Å²) in [7, 11) is 0. The predicted molar refractivity (Wildman–Crippen MR) is 54.8 cm³/mol. The van der Waals surface area contributed by atoms with Crippen molar-refractivity contribution in [3.63, 3.8) is 0 Å². The van der Waals surface area contributed by atoms with Gasteiger partial charge >= 0.3 is 12.1 Å². The first-order valence-electron chi connectivity index (χ1n) is 4.58. The second-order valence-electron chi connectivity index (χ2n) is 3.30. The van der Waals surface area contributed by atoms with E-state index >= 15 is 0 Å². The first kappa shape index (κ1) is 12.6. The highest BCUT2D eigenvalue weighted by atomic mass is 35.5. The van der Waals surface area contributed by atoms with Crippen LogP contribution in [-0.2, 0) is 11.0 Å². The van der Waals surface area contributed by atoms with Crippen molar-refractivity contribution < 1.29 is 22.8 Å². The van der Waals surface area contributed by atoms with Crippen molar-refractivity contribution in [2.45, 2.75) is 13.1 Å². The van der Waals surface area contributed by atoms with Crippen LogP contribution in [-0.4, -0.2) is 20.7 Å². The van der Waals surface area contributed by atoms with Gasteiger partial charge in [-0.25, -0.2) is 14.8 Å². The van der Waals surface area contributed by atoms with Gasteiger partial charge in [-0.05, 0) is 0 Å². The van der Waals surface area contributed by atoms with Crippen LogP contribution in [0.3, 0.4) is 0 Å². The Kier molecular flexibility index (Phi) is 2.89. The molecular formula is C9H5ClF3N3O2. The van der Waals surface area contributed by atoms with Gasteiger partial charge in [0, 0.05) is 13.1 Å². The molecule has 5 nitrogen and oxygen atoms in total. The van der Waals surface area contributed by atoms with Gasteiger partial charge in [-0.2, -0.15) is 17.9 Å². The minimum atomic E-state index is -4.71. The van der Waals surface area contributed by atoms with Gasteiger partial charge in [0.25, 0.3) is 0 Å². The fraction of sp³-hybridized carbons (Fsp3) is 0.222. The van der Waals surface area contributed by atoms with E-state index in [1.54, 1.807) is 0 Å². The summed E-state index contributed by atoms with van der Waals surface area (Å²) in [5, 5.41) is -0.594. The number of pyridine rings is 1. The topological polar surface area (TPSA) is 57.0 Å². The lowest BCUT2D eigenvalue weighted by atomic mass is 10.2. The second kappa shape index (κ2) is 4.13. The molecule has 0 fully saturated rings. The minimum absolute atomic E-state index is 0.215. The molecule has 0 spiro atoms. The van der Waals surface area contributed by atoms with Gasteiger partial charge in [-0.15, -0.1) is 0 Å². The Morgan fingerprint density at radius 2 is 2.11 bits per heavy atom. The molecule has 18 heavy (non-hydrogen) atoms. The number of imidazole rings is 1. The molecule has 96 valence electrons. The summed E-state index contributed by atoms with van der Waals surface area (Å²) in [4.78, 5) is 22.6. The molecule has 0 saturated carbocycles. The number of rotatable bonds is 1.